The Morgan fingerprint density at radius 3 is 2.81 bits per heavy atom. The zero-order chi connectivity index (χ0) is 21.5. The fraction of sp³-hybridized carbons (Fsp3) is 0.500. The van der Waals surface area contributed by atoms with Gasteiger partial charge in [0.15, 0.2) is 0 Å². The molecule has 1 aromatic carbocycles. The van der Waals surface area contributed by atoms with Gasteiger partial charge in [-0.1, -0.05) is 30.3 Å². The molecule has 4 aliphatic rings. The van der Waals surface area contributed by atoms with Crippen LogP contribution in [0.15, 0.2) is 65.0 Å². The molecular weight excluding hydrogens is 391 g/mol. The molecule has 0 spiro atoms. The summed E-state index contributed by atoms with van der Waals surface area (Å²) in [5.41, 5.74) is 3.05. The average Bonchev–Trinajstić information content (AvgIpc) is 3.24. The van der Waals surface area contributed by atoms with Gasteiger partial charge in [0.05, 0.1) is 25.0 Å². The lowest BCUT2D eigenvalue weighted by atomic mass is 9.86. The molecule has 0 saturated carbocycles. The number of hydrogen-bond donors (Lipinski definition) is 0. The number of nitrogens with zero attached hydrogens (tertiary/aromatic N) is 2. The second kappa shape index (κ2) is 8.12. The summed E-state index contributed by atoms with van der Waals surface area (Å²) in [5.74, 6) is -0.245. The first-order valence-corrected chi connectivity index (χ1v) is 11.4. The van der Waals surface area contributed by atoms with Gasteiger partial charge in [-0.3, -0.25) is 9.89 Å². The van der Waals surface area contributed by atoms with E-state index in [4.69, 9.17) is 9.47 Å². The van der Waals surface area contributed by atoms with E-state index in [-0.39, 0.29) is 23.1 Å². The second-order valence-electron chi connectivity index (χ2n) is 9.47. The van der Waals surface area contributed by atoms with Crippen LogP contribution < -0.4 is 0 Å². The van der Waals surface area contributed by atoms with Gasteiger partial charge < -0.3 is 9.47 Å². The first-order chi connectivity index (χ1) is 15.0. The van der Waals surface area contributed by atoms with Crippen molar-refractivity contribution in [1.29, 1.82) is 0 Å². The fourth-order valence-corrected chi connectivity index (χ4v) is 5.15. The van der Waals surface area contributed by atoms with Crippen LogP contribution in [0, 0.1) is 0 Å². The van der Waals surface area contributed by atoms with E-state index >= 15 is 0 Å². The van der Waals surface area contributed by atoms with E-state index in [0.717, 1.165) is 18.7 Å². The number of rotatable bonds is 4. The van der Waals surface area contributed by atoms with Gasteiger partial charge in [0.2, 0.25) is 0 Å². The number of halogens is 1. The molecule has 3 unspecified atom stereocenters. The summed E-state index contributed by atoms with van der Waals surface area (Å²) >= 11 is 0. The lowest BCUT2D eigenvalue weighted by molar-refractivity contribution is -0.155. The number of aliphatic imine (C=N–C) groups is 1. The highest BCUT2D eigenvalue weighted by Gasteiger charge is 2.39. The van der Waals surface area contributed by atoms with Crippen molar-refractivity contribution in [3.05, 3.63) is 71.1 Å². The summed E-state index contributed by atoms with van der Waals surface area (Å²) in [6, 6.07) is 9.10. The smallest absolute Gasteiger partial charge is 0.137 e. The van der Waals surface area contributed by atoms with Crippen molar-refractivity contribution in [2.75, 3.05) is 19.8 Å². The Labute approximate surface area is 184 Å². The third-order valence-electron chi connectivity index (χ3n) is 7.19. The van der Waals surface area contributed by atoms with E-state index in [9.17, 15) is 4.39 Å². The quantitative estimate of drug-likeness (QED) is 0.695. The molecule has 2 saturated heterocycles. The van der Waals surface area contributed by atoms with Crippen LogP contribution in [0.2, 0.25) is 0 Å². The maximum atomic E-state index is 13.3. The van der Waals surface area contributed by atoms with Gasteiger partial charge in [-0.2, -0.15) is 0 Å². The molecule has 4 atom stereocenters. The molecule has 5 heteroatoms. The minimum Gasteiger partial charge on any atom is -0.368 e. The molecule has 2 fully saturated rings. The van der Waals surface area contributed by atoms with Gasteiger partial charge in [-0.25, -0.2) is 4.39 Å². The largest absolute Gasteiger partial charge is 0.368 e. The molecule has 0 N–H and O–H groups in total. The molecule has 4 nitrogen and oxygen atoms in total. The average molecular weight is 423 g/mol. The molecule has 3 aliphatic heterocycles. The molecule has 3 heterocycles. The summed E-state index contributed by atoms with van der Waals surface area (Å²) in [7, 11) is 0. The van der Waals surface area contributed by atoms with Crippen molar-refractivity contribution >= 4 is 6.21 Å². The van der Waals surface area contributed by atoms with Gasteiger partial charge >= 0.3 is 0 Å². The molecule has 164 valence electrons. The fourth-order valence-electron chi connectivity index (χ4n) is 5.15. The number of dihydropyridines is 1. The van der Waals surface area contributed by atoms with Gasteiger partial charge in [-0.15, -0.1) is 0 Å². The third-order valence-corrected chi connectivity index (χ3v) is 7.19. The summed E-state index contributed by atoms with van der Waals surface area (Å²) in [6.07, 6.45) is 12.6. The van der Waals surface area contributed by atoms with Crippen LogP contribution >= 0.6 is 0 Å². The molecular formula is C26H31FN2O2. The molecule has 1 aromatic rings. The highest BCUT2D eigenvalue weighted by molar-refractivity contribution is 5.77. The standard InChI is InChI=1S/C26H31FN2O2/c1-25(11-10-22(27)17-28-25)21-7-5-19(6-8-21)18-29-13-3-4-23(29)20-9-12-26(2)24(16-20)30-14-15-31-26/h5-10,12,16-17,23-24H,3-4,11,13-15,18H2,1-2H3/t23-,24?,25?,26?/m1/s1. The molecule has 0 amide bonds. The number of ether oxygens (including phenoxy) is 2. The van der Waals surface area contributed by atoms with E-state index in [1.807, 2.05) is 0 Å². The van der Waals surface area contributed by atoms with Gasteiger partial charge in [0, 0.05) is 12.6 Å². The summed E-state index contributed by atoms with van der Waals surface area (Å²) < 4.78 is 25.3. The highest BCUT2D eigenvalue weighted by atomic mass is 19.1. The maximum Gasteiger partial charge on any atom is 0.137 e. The van der Waals surface area contributed by atoms with E-state index < -0.39 is 0 Å². The first kappa shape index (κ1) is 20.8. The predicted octanol–water partition coefficient (Wildman–Crippen LogP) is 4.86. The lowest BCUT2D eigenvalue weighted by Gasteiger charge is -2.41. The Balaban J connectivity index is 1.28. The van der Waals surface area contributed by atoms with Crippen LogP contribution in [0.3, 0.4) is 0 Å². The molecule has 31 heavy (non-hydrogen) atoms. The number of allylic oxidation sites excluding steroid dienone is 1. The summed E-state index contributed by atoms with van der Waals surface area (Å²) in [4.78, 5) is 7.01. The molecule has 0 radical (unpaired) electrons. The Bertz CT molecular complexity index is 951. The van der Waals surface area contributed by atoms with Crippen LogP contribution in [0.1, 0.15) is 44.2 Å². The molecule has 1 aliphatic carbocycles. The number of fused-ring (bicyclic) bond motifs is 1. The van der Waals surface area contributed by atoms with E-state index in [0.29, 0.717) is 25.7 Å². The SMILES string of the molecule is CC1(c2ccc(CN3CCC[C@@H]3C3=CC4OCCOC4(C)C=C3)cc2)CC=C(F)C=N1. The Kier molecular flexibility index (Phi) is 5.45. The van der Waals surface area contributed by atoms with Gasteiger partial charge in [0.25, 0.3) is 0 Å². The van der Waals surface area contributed by atoms with Crippen LogP contribution in [-0.4, -0.2) is 48.6 Å². The maximum absolute atomic E-state index is 13.3. The van der Waals surface area contributed by atoms with Crippen LogP contribution in [-0.2, 0) is 21.6 Å². The highest BCUT2D eigenvalue weighted by Crippen LogP contribution is 2.36. The van der Waals surface area contributed by atoms with Crippen LogP contribution in [0.25, 0.3) is 0 Å². The van der Waals surface area contributed by atoms with Crippen molar-refractivity contribution in [2.45, 2.75) is 62.9 Å². The Morgan fingerprint density at radius 2 is 2.03 bits per heavy atom. The van der Waals surface area contributed by atoms with E-state index in [2.05, 4.69) is 66.2 Å². The van der Waals surface area contributed by atoms with Crippen LogP contribution in [0.5, 0.6) is 0 Å². The minimum atomic E-state index is -0.378. The second-order valence-corrected chi connectivity index (χ2v) is 9.47. The van der Waals surface area contributed by atoms with Crippen molar-refractivity contribution in [1.82, 2.24) is 4.90 Å². The Hall–Kier alpha value is -2.08. The minimum absolute atomic E-state index is 0.00124. The normalized spacial score (nSPS) is 35.6. The summed E-state index contributed by atoms with van der Waals surface area (Å²) in [5, 5.41) is 0. The monoisotopic (exact) mass is 422 g/mol. The number of hydrogen-bond acceptors (Lipinski definition) is 4. The van der Waals surface area contributed by atoms with Crippen molar-refractivity contribution < 1.29 is 13.9 Å². The first-order valence-electron chi connectivity index (χ1n) is 11.4. The van der Waals surface area contributed by atoms with E-state index in [1.54, 1.807) is 6.08 Å². The van der Waals surface area contributed by atoms with Crippen LogP contribution in [0.4, 0.5) is 4.39 Å². The zero-order valence-electron chi connectivity index (χ0n) is 18.4. The number of likely N-dealkylation sites (tertiary alicyclic amines) is 1. The lowest BCUT2D eigenvalue weighted by Crippen LogP contribution is -2.48. The van der Waals surface area contributed by atoms with Crippen molar-refractivity contribution in [3.8, 4) is 0 Å². The zero-order valence-corrected chi connectivity index (χ0v) is 18.4. The molecule has 5 rings (SSSR count). The van der Waals surface area contributed by atoms with Crippen molar-refractivity contribution in [2.24, 2.45) is 4.99 Å². The predicted molar refractivity (Wildman–Crippen MR) is 121 cm³/mol. The Morgan fingerprint density at radius 1 is 1.19 bits per heavy atom. The van der Waals surface area contributed by atoms with Gasteiger partial charge in [-0.05, 0) is 74.6 Å². The molecule has 0 bridgehead atoms. The van der Waals surface area contributed by atoms with Crippen molar-refractivity contribution in [3.63, 3.8) is 0 Å². The number of benzene rings is 1. The topological polar surface area (TPSA) is 34.1 Å². The van der Waals surface area contributed by atoms with Gasteiger partial charge in [0.1, 0.15) is 17.5 Å². The third kappa shape index (κ3) is 4.07. The molecule has 0 aromatic heterocycles. The van der Waals surface area contributed by atoms with E-state index in [1.165, 1.54) is 30.2 Å². The summed E-state index contributed by atoms with van der Waals surface area (Å²) in [6.45, 7) is 7.50.